The number of rotatable bonds is 4. The van der Waals surface area contributed by atoms with Gasteiger partial charge < -0.3 is 10.2 Å². The van der Waals surface area contributed by atoms with Crippen LogP contribution in [0.1, 0.15) is 50.3 Å². The smallest absolute Gasteiger partial charge is 0.327 e. The Hall–Kier alpha value is -2.99. The molecular weight excluding hydrogens is 451 g/mol. The number of fused-ring (bicyclic) bond motifs is 1. The molecule has 33 heavy (non-hydrogen) atoms. The second kappa shape index (κ2) is 7.26. The number of halogens is 1. The van der Waals surface area contributed by atoms with Gasteiger partial charge >= 0.3 is 6.03 Å². The van der Waals surface area contributed by atoms with Gasteiger partial charge in [0.05, 0.1) is 10.6 Å². The molecule has 1 saturated carbocycles. The molecule has 5 rings (SSSR count). The number of likely N-dealkylation sites (N-methyl/N-ethyl adjacent to an activating group) is 1. The normalized spacial score (nSPS) is 25.7. The number of sulfonamides is 1. The van der Waals surface area contributed by atoms with Crippen LogP contribution in [0.4, 0.5) is 20.7 Å². The number of hydrogen-bond donors (Lipinski definition) is 3. The van der Waals surface area contributed by atoms with Crippen molar-refractivity contribution in [2.75, 3.05) is 12.4 Å². The zero-order chi connectivity index (χ0) is 23.7. The number of amides is 3. The highest BCUT2D eigenvalue weighted by molar-refractivity contribution is 7.89. The van der Waals surface area contributed by atoms with Gasteiger partial charge in [0.25, 0.3) is 5.91 Å². The number of benzene rings is 1. The second-order valence-corrected chi connectivity index (χ2v) is 11.0. The molecule has 1 aliphatic carbocycles. The number of nitrogens with zero attached hydrogens (tertiary/aromatic N) is 3. The fourth-order valence-electron chi connectivity index (χ4n) is 4.83. The van der Waals surface area contributed by atoms with Crippen molar-refractivity contribution in [1.29, 1.82) is 0 Å². The fraction of sp³-hybridized carbons (Fsp3) is 0.476. The van der Waals surface area contributed by atoms with Gasteiger partial charge in [-0.25, -0.2) is 22.3 Å². The van der Waals surface area contributed by atoms with Crippen LogP contribution >= 0.6 is 0 Å². The molecule has 2 aromatic rings. The Balaban J connectivity index is 1.30. The number of nitrogens with one attached hydrogen (secondary N) is 3. The standard InChI is InChI=1S/C21H25FN6O4S/c1-21(2)19(29)28(20(30)27(21)3)12-5-4-11(8-12)15-9-17(26-25-15)24-14-6-7-16-13(18(14)22)10-23-33(16,31)32/h6-7,9,11-12,23H,4-5,8,10H2,1-3H3,(H2,24,25,26). The van der Waals surface area contributed by atoms with Crippen LogP contribution in [0.2, 0.25) is 0 Å². The van der Waals surface area contributed by atoms with Crippen LogP contribution in [0.3, 0.4) is 0 Å². The van der Waals surface area contributed by atoms with Gasteiger partial charge in [-0.1, -0.05) is 0 Å². The van der Waals surface area contributed by atoms with Crippen molar-refractivity contribution in [2.45, 2.75) is 62.0 Å². The molecule has 10 nitrogen and oxygen atoms in total. The molecule has 1 aromatic heterocycles. The predicted octanol–water partition coefficient (Wildman–Crippen LogP) is 2.39. The van der Waals surface area contributed by atoms with E-state index in [-0.39, 0.29) is 46.6 Å². The Kier molecular flexibility index (Phi) is 4.80. The molecule has 176 valence electrons. The molecule has 2 aliphatic heterocycles. The second-order valence-electron chi connectivity index (χ2n) is 9.30. The van der Waals surface area contributed by atoms with E-state index in [1.54, 1.807) is 27.0 Å². The van der Waals surface area contributed by atoms with Gasteiger partial charge in [-0.2, -0.15) is 5.10 Å². The number of carbonyl (C=O) groups excluding carboxylic acids is 2. The van der Waals surface area contributed by atoms with Crippen molar-refractivity contribution in [2.24, 2.45) is 0 Å². The van der Waals surface area contributed by atoms with Gasteiger partial charge in [0.15, 0.2) is 11.6 Å². The Labute approximate surface area is 190 Å². The topological polar surface area (TPSA) is 128 Å². The van der Waals surface area contributed by atoms with E-state index in [2.05, 4.69) is 20.2 Å². The number of aromatic amines is 1. The summed E-state index contributed by atoms with van der Waals surface area (Å²) in [6.07, 6.45) is 2.11. The maximum absolute atomic E-state index is 14.8. The summed E-state index contributed by atoms with van der Waals surface area (Å²) in [5.74, 6) is -0.345. The minimum Gasteiger partial charge on any atom is -0.336 e. The number of urea groups is 1. The van der Waals surface area contributed by atoms with Crippen molar-refractivity contribution in [3.63, 3.8) is 0 Å². The molecule has 3 aliphatic rings. The molecule has 2 fully saturated rings. The van der Waals surface area contributed by atoms with E-state index >= 15 is 0 Å². The Morgan fingerprint density at radius 2 is 2.00 bits per heavy atom. The first kappa shape index (κ1) is 21.8. The van der Waals surface area contributed by atoms with Gasteiger partial charge in [-0.05, 0) is 45.2 Å². The average molecular weight is 477 g/mol. The molecule has 1 aromatic carbocycles. The lowest BCUT2D eigenvalue weighted by Gasteiger charge is -2.23. The van der Waals surface area contributed by atoms with E-state index in [1.807, 2.05) is 0 Å². The molecule has 2 atom stereocenters. The van der Waals surface area contributed by atoms with E-state index in [4.69, 9.17) is 0 Å². The quantitative estimate of drug-likeness (QED) is 0.582. The van der Waals surface area contributed by atoms with Crippen LogP contribution < -0.4 is 10.0 Å². The number of hydrogen-bond acceptors (Lipinski definition) is 6. The van der Waals surface area contributed by atoms with Gasteiger partial charge in [-0.3, -0.25) is 14.8 Å². The first-order chi connectivity index (χ1) is 15.5. The minimum atomic E-state index is -3.65. The van der Waals surface area contributed by atoms with Crippen molar-refractivity contribution < 1.29 is 22.4 Å². The minimum absolute atomic E-state index is 0.0508. The third kappa shape index (κ3) is 3.31. The van der Waals surface area contributed by atoms with Crippen molar-refractivity contribution in [3.8, 4) is 0 Å². The summed E-state index contributed by atoms with van der Waals surface area (Å²) in [7, 11) is -2.01. The summed E-state index contributed by atoms with van der Waals surface area (Å²) >= 11 is 0. The van der Waals surface area contributed by atoms with Crippen LogP contribution in [-0.2, 0) is 21.4 Å². The first-order valence-electron chi connectivity index (χ1n) is 10.8. The van der Waals surface area contributed by atoms with E-state index < -0.39 is 21.4 Å². The summed E-state index contributed by atoms with van der Waals surface area (Å²) in [5.41, 5.74) is 0.211. The molecular formula is C21H25FN6O4S. The van der Waals surface area contributed by atoms with Crippen LogP contribution in [0, 0.1) is 5.82 Å². The van der Waals surface area contributed by atoms with Crippen LogP contribution in [0.15, 0.2) is 23.1 Å². The van der Waals surface area contributed by atoms with Crippen molar-refractivity contribution in [3.05, 3.63) is 35.3 Å². The average Bonchev–Trinajstić information content (AvgIpc) is 3.51. The van der Waals surface area contributed by atoms with Crippen molar-refractivity contribution >= 4 is 33.5 Å². The zero-order valence-electron chi connectivity index (χ0n) is 18.5. The third-order valence-electron chi connectivity index (χ3n) is 7.07. The van der Waals surface area contributed by atoms with Crippen molar-refractivity contribution in [1.82, 2.24) is 24.7 Å². The fourth-order valence-corrected chi connectivity index (χ4v) is 6.05. The molecule has 2 unspecified atom stereocenters. The molecule has 3 heterocycles. The molecule has 3 N–H and O–H groups in total. The Bertz CT molecular complexity index is 1270. The maximum Gasteiger partial charge on any atom is 0.327 e. The number of carbonyl (C=O) groups is 2. The highest BCUT2D eigenvalue weighted by atomic mass is 32.2. The SMILES string of the molecule is CN1C(=O)N(C2CCC(c3cc(Nc4ccc5c(c4F)CNS5(=O)=O)n[nH]3)C2)C(=O)C1(C)C. The Morgan fingerprint density at radius 3 is 2.70 bits per heavy atom. The highest BCUT2D eigenvalue weighted by Gasteiger charge is 2.52. The van der Waals surface area contributed by atoms with E-state index in [1.165, 1.54) is 21.9 Å². The zero-order valence-corrected chi connectivity index (χ0v) is 19.3. The van der Waals surface area contributed by atoms with Crippen LogP contribution in [0.5, 0.6) is 0 Å². The summed E-state index contributed by atoms with van der Waals surface area (Å²) < 4.78 is 40.9. The number of imide groups is 1. The molecule has 0 spiro atoms. The Morgan fingerprint density at radius 1 is 1.24 bits per heavy atom. The number of H-pyrrole nitrogens is 1. The summed E-state index contributed by atoms with van der Waals surface area (Å²) in [5, 5.41) is 10.1. The van der Waals surface area contributed by atoms with Crippen LogP contribution in [0.25, 0.3) is 0 Å². The molecule has 12 heteroatoms. The summed E-state index contributed by atoms with van der Waals surface area (Å²) in [6, 6.07) is 4.07. The monoisotopic (exact) mass is 476 g/mol. The predicted molar refractivity (Wildman–Crippen MR) is 117 cm³/mol. The highest BCUT2D eigenvalue weighted by Crippen LogP contribution is 2.40. The lowest BCUT2D eigenvalue weighted by Crippen LogP contribution is -2.42. The largest absolute Gasteiger partial charge is 0.336 e. The molecule has 0 radical (unpaired) electrons. The number of anilines is 2. The van der Waals surface area contributed by atoms with Gasteiger partial charge in [-0.15, -0.1) is 0 Å². The maximum atomic E-state index is 14.8. The van der Waals surface area contributed by atoms with Crippen LogP contribution in [-0.4, -0.2) is 59.0 Å². The molecule has 0 bridgehead atoms. The lowest BCUT2D eigenvalue weighted by molar-refractivity contribution is -0.133. The van der Waals surface area contributed by atoms with E-state index in [9.17, 15) is 22.4 Å². The summed E-state index contributed by atoms with van der Waals surface area (Å²) in [6.45, 7) is 3.40. The van der Waals surface area contributed by atoms with Gasteiger partial charge in [0.2, 0.25) is 10.0 Å². The molecule has 1 saturated heterocycles. The van der Waals surface area contributed by atoms with E-state index in [0.717, 1.165) is 12.1 Å². The van der Waals surface area contributed by atoms with E-state index in [0.29, 0.717) is 18.7 Å². The van der Waals surface area contributed by atoms with Gasteiger partial charge in [0.1, 0.15) is 5.54 Å². The third-order valence-corrected chi connectivity index (χ3v) is 8.56. The summed E-state index contributed by atoms with van der Waals surface area (Å²) in [4.78, 5) is 28.3. The lowest BCUT2D eigenvalue weighted by atomic mass is 10.0. The molecule has 3 amide bonds. The number of aromatic nitrogens is 2. The van der Waals surface area contributed by atoms with Gasteiger partial charge in [0, 0.05) is 42.9 Å². The first-order valence-corrected chi connectivity index (χ1v) is 12.2.